The number of nitrogens with zero attached hydrogens (tertiary/aromatic N) is 5. The summed E-state index contributed by atoms with van der Waals surface area (Å²) in [6, 6.07) is 7.58. The molecule has 0 saturated carbocycles. The Morgan fingerprint density at radius 1 is 1.24 bits per heavy atom. The molecule has 21 heavy (non-hydrogen) atoms. The molecule has 3 aromatic rings. The van der Waals surface area contributed by atoms with E-state index in [4.69, 9.17) is 11.6 Å². The highest BCUT2D eigenvalue weighted by atomic mass is 35.5. The largest absolute Gasteiger partial charge is 0.350 e. The highest BCUT2D eigenvalue weighted by molar-refractivity contribution is 7.18. The van der Waals surface area contributed by atoms with Gasteiger partial charge in [-0.05, 0) is 13.0 Å². The fourth-order valence-corrected chi connectivity index (χ4v) is 3.11. The van der Waals surface area contributed by atoms with Crippen LogP contribution in [0.1, 0.15) is 18.8 Å². The van der Waals surface area contributed by atoms with Gasteiger partial charge in [0.25, 0.3) is 0 Å². The molecule has 0 fully saturated rings. The number of halogens is 1. The molecule has 0 aliphatic rings. The second kappa shape index (κ2) is 5.79. The Bertz CT molecular complexity index is 752. The summed E-state index contributed by atoms with van der Waals surface area (Å²) in [6.45, 7) is 2.00. The van der Waals surface area contributed by atoms with Crippen LogP contribution in [0.15, 0.2) is 30.6 Å². The summed E-state index contributed by atoms with van der Waals surface area (Å²) >= 11 is 7.63. The van der Waals surface area contributed by atoms with E-state index >= 15 is 0 Å². The van der Waals surface area contributed by atoms with Gasteiger partial charge in [-0.2, -0.15) is 0 Å². The van der Waals surface area contributed by atoms with Crippen LogP contribution in [0, 0.1) is 0 Å². The van der Waals surface area contributed by atoms with Gasteiger partial charge in [-0.3, -0.25) is 0 Å². The van der Waals surface area contributed by atoms with Crippen LogP contribution in [-0.4, -0.2) is 25.0 Å². The van der Waals surface area contributed by atoms with Gasteiger partial charge in [0.1, 0.15) is 6.33 Å². The minimum Gasteiger partial charge on any atom is -0.350 e. The second-order valence-electron chi connectivity index (χ2n) is 4.56. The van der Waals surface area contributed by atoms with Crippen LogP contribution >= 0.6 is 22.9 Å². The Hall–Kier alpha value is -1.99. The van der Waals surface area contributed by atoms with E-state index in [9.17, 15) is 0 Å². The minimum absolute atomic E-state index is 0.00968. The molecule has 0 radical (unpaired) electrons. The molecule has 2 heterocycles. The summed E-state index contributed by atoms with van der Waals surface area (Å²) in [5.74, 6) is 0.837. The fourth-order valence-electron chi connectivity index (χ4n) is 1.96. The molecule has 108 valence electrons. The average Bonchev–Trinajstić information content (AvgIpc) is 3.08. The maximum absolute atomic E-state index is 6.17. The van der Waals surface area contributed by atoms with Gasteiger partial charge >= 0.3 is 0 Å². The van der Waals surface area contributed by atoms with E-state index in [1.165, 1.54) is 11.3 Å². The molecule has 1 unspecified atom stereocenters. The third-order valence-electron chi connectivity index (χ3n) is 3.00. The molecule has 0 amide bonds. The lowest BCUT2D eigenvalue weighted by Gasteiger charge is -2.10. The van der Waals surface area contributed by atoms with E-state index in [0.717, 1.165) is 21.5 Å². The molecule has 0 spiro atoms. The molecule has 2 aromatic heterocycles. The van der Waals surface area contributed by atoms with Gasteiger partial charge in [0.15, 0.2) is 10.8 Å². The van der Waals surface area contributed by atoms with Crippen molar-refractivity contribution in [3.8, 4) is 10.6 Å². The third kappa shape index (κ3) is 2.88. The van der Waals surface area contributed by atoms with Crippen molar-refractivity contribution in [3.05, 3.63) is 41.4 Å². The third-order valence-corrected chi connectivity index (χ3v) is 4.22. The van der Waals surface area contributed by atoms with Gasteiger partial charge in [-0.25, -0.2) is 0 Å². The van der Waals surface area contributed by atoms with Crippen LogP contribution in [0.5, 0.6) is 0 Å². The maximum Gasteiger partial charge on any atom is 0.206 e. The Balaban J connectivity index is 1.80. The predicted molar refractivity (Wildman–Crippen MR) is 83.4 cm³/mol. The number of anilines is 1. The number of aromatic nitrogens is 5. The smallest absolute Gasteiger partial charge is 0.206 e. The normalized spacial score (nSPS) is 12.3. The van der Waals surface area contributed by atoms with E-state index in [1.807, 2.05) is 42.8 Å². The molecule has 1 N–H and O–H groups in total. The first kappa shape index (κ1) is 14.0. The Kier molecular flexibility index (Phi) is 3.85. The minimum atomic E-state index is -0.00968. The number of benzene rings is 1. The van der Waals surface area contributed by atoms with E-state index in [0.29, 0.717) is 5.02 Å². The van der Waals surface area contributed by atoms with Crippen molar-refractivity contribution in [2.45, 2.75) is 13.0 Å². The molecule has 6 nitrogen and oxygen atoms in total. The number of hydrogen-bond acceptors (Lipinski definition) is 6. The second-order valence-corrected chi connectivity index (χ2v) is 5.94. The monoisotopic (exact) mass is 320 g/mol. The van der Waals surface area contributed by atoms with Gasteiger partial charge in [0.2, 0.25) is 5.13 Å². The molecule has 3 rings (SSSR count). The standard InChI is InChI=1S/C13H13ClN6S/c1-8(11-17-15-7-20(11)2)16-13-19-18-12(21-13)9-5-3-4-6-10(9)14/h3-8H,1-2H3,(H,16,19). The summed E-state index contributed by atoms with van der Waals surface area (Å²) in [6.07, 6.45) is 1.67. The van der Waals surface area contributed by atoms with E-state index in [2.05, 4.69) is 25.7 Å². The lowest BCUT2D eigenvalue weighted by Crippen LogP contribution is -2.11. The van der Waals surface area contributed by atoms with Crippen LogP contribution in [-0.2, 0) is 7.05 Å². The van der Waals surface area contributed by atoms with Crippen molar-refractivity contribution in [3.63, 3.8) is 0 Å². The zero-order valence-electron chi connectivity index (χ0n) is 11.5. The van der Waals surface area contributed by atoms with Gasteiger partial charge in [-0.15, -0.1) is 20.4 Å². The van der Waals surface area contributed by atoms with Crippen molar-refractivity contribution in [2.24, 2.45) is 7.05 Å². The first-order valence-electron chi connectivity index (χ1n) is 6.34. The number of hydrogen-bond donors (Lipinski definition) is 1. The fraction of sp³-hybridized carbons (Fsp3) is 0.231. The van der Waals surface area contributed by atoms with Crippen molar-refractivity contribution in [2.75, 3.05) is 5.32 Å². The molecular formula is C13H13ClN6S. The summed E-state index contributed by atoms with van der Waals surface area (Å²) in [5, 5.41) is 21.7. The van der Waals surface area contributed by atoms with Gasteiger partial charge < -0.3 is 9.88 Å². The molecular weight excluding hydrogens is 308 g/mol. The first-order chi connectivity index (χ1) is 10.1. The number of nitrogens with one attached hydrogen (secondary N) is 1. The van der Waals surface area contributed by atoms with Crippen LogP contribution < -0.4 is 5.32 Å². The van der Waals surface area contributed by atoms with Gasteiger partial charge in [0.05, 0.1) is 11.1 Å². The summed E-state index contributed by atoms with van der Waals surface area (Å²) < 4.78 is 1.87. The lowest BCUT2D eigenvalue weighted by atomic mass is 10.2. The highest BCUT2D eigenvalue weighted by Crippen LogP contribution is 2.32. The average molecular weight is 321 g/mol. The van der Waals surface area contributed by atoms with Crippen molar-refractivity contribution in [1.82, 2.24) is 25.0 Å². The quantitative estimate of drug-likeness (QED) is 0.799. The van der Waals surface area contributed by atoms with Gasteiger partial charge in [0, 0.05) is 12.6 Å². The van der Waals surface area contributed by atoms with Gasteiger partial charge in [-0.1, -0.05) is 41.1 Å². The molecule has 0 aliphatic heterocycles. The molecule has 1 aromatic carbocycles. The maximum atomic E-state index is 6.17. The van der Waals surface area contributed by atoms with Crippen molar-refractivity contribution in [1.29, 1.82) is 0 Å². The Morgan fingerprint density at radius 2 is 2.05 bits per heavy atom. The molecule has 8 heteroatoms. The zero-order chi connectivity index (χ0) is 14.8. The molecule has 0 aliphatic carbocycles. The van der Waals surface area contributed by atoms with E-state index < -0.39 is 0 Å². The number of rotatable bonds is 4. The zero-order valence-corrected chi connectivity index (χ0v) is 13.1. The van der Waals surface area contributed by atoms with Crippen LogP contribution in [0.4, 0.5) is 5.13 Å². The highest BCUT2D eigenvalue weighted by Gasteiger charge is 2.15. The molecule has 0 saturated heterocycles. The molecule has 0 bridgehead atoms. The Morgan fingerprint density at radius 3 is 2.76 bits per heavy atom. The van der Waals surface area contributed by atoms with Crippen LogP contribution in [0.25, 0.3) is 10.6 Å². The molecule has 1 atom stereocenters. The number of aryl methyl sites for hydroxylation is 1. The predicted octanol–water partition coefficient (Wildman–Crippen LogP) is 3.16. The SMILES string of the molecule is CC(Nc1nnc(-c2ccccc2Cl)s1)c1nncn1C. The van der Waals surface area contributed by atoms with E-state index in [1.54, 1.807) is 6.33 Å². The summed E-state index contributed by atoms with van der Waals surface area (Å²) in [5.41, 5.74) is 0.885. The summed E-state index contributed by atoms with van der Waals surface area (Å²) in [7, 11) is 1.91. The van der Waals surface area contributed by atoms with Crippen molar-refractivity contribution >= 4 is 28.1 Å². The topological polar surface area (TPSA) is 68.5 Å². The van der Waals surface area contributed by atoms with Crippen molar-refractivity contribution < 1.29 is 0 Å². The van der Waals surface area contributed by atoms with E-state index in [-0.39, 0.29) is 6.04 Å². The van der Waals surface area contributed by atoms with Crippen LogP contribution in [0.3, 0.4) is 0 Å². The Labute approximate surface area is 130 Å². The first-order valence-corrected chi connectivity index (χ1v) is 7.53. The van der Waals surface area contributed by atoms with Crippen LogP contribution in [0.2, 0.25) is 5.02 Å². The lowest BCUT2D eigenvalue weighted by molar-refractivity contribution is 0.717. The summed E-state index contributed by atoms with van der Waals surface area (Å²) in [4.78, 5) is 0.